The van der Waals surface area contributed by atoms with E-state index in [0.29, 0.717) is 36.5 Å². The highest BCUT2D eigenvalue weighted by Gasteiger charge is 2.54. The predicted octanol–water partition coefficient (Wildman–Crippen LogP) is 5.54. The Morgan fingerprint density at radius 1 is 1.20 bits per heavy atom. The van der Waals surface area contributed by atoms with Crippen molar-refractivity contribution in [2.75, 3.05) is 7.11 Å². The smallest absolute Gasteiger partial charge is 0.220 e. The van der Waals surface area contributed by atoms with Crippen molar-refractivity contribution in [3.8, 4) is 5.75 Å². The minimum absolute atomic E-state index is 0.0778. The standard InChI is InChI=1S/C30H38N2O3/c1-30-14-13-23-24(26(30)11-12-28(30)33)10-9-21-17-27(35-2)22(16-25(21)23)7-3-4-8-29(34)32-19-20-6-5-15-31-18-20/h5-6,15-18,23-24,26H,3-4,7-14,19H2,1-2H3,(H,32,34)/t23?,24?,26?,30-/m0/s1. The van der Waals surface area contributed by atoms with Gasteiger partial charge in [-0.05, 0) is 104 Å². The van der Waals surface area contributed by atoms with Crippen LogP contribution in [-0.4, -0.2) is 23.8 Å². The van der Waals surface area contributed by atoms with E-state index in [-0.39, 0.29) is 11.3 Å². The van der Waals surface area contributed by atoms with Crippen LogP contribution in [0.5, 0.6) is 5.75 Å². The van der Waals surface area contributed by atoms with Crippen LogP contribution >= 0.6 is 0 Å². The molecule has 0 bridgehead atoms. The van der Waals surface area contributed by atoms with Gasteiger partial charge in [-0.2, -0.15) is 0 Å². The number of hydrogen-bond donors (Lipinski definition) is 1. The molecule has 2 fully saturated rings. The van der Waals surface area contributed by atoms with Crippen LogP contribution in [0, 0.1) is 17.3 Å². The first kappa shape index (κ1) is 24.0. The summed E-state index contributed by atoms with van der Waals surface area (Å²) >= 11 is 0. The highest BCUT2D eigenvalue weighted by molar-refractivity contribution is 5.87. The lowest BCUT2D eigenvalue weighted by Gasteiger charge is -2.48. The summed E-state index contributed by atoms with van der Waals surface area (Å²) in [4.78, 5) is 29.0. The van der Waals surface area contributed by atoms with E-state index < -0.39 is 0 Å². The number of amides is 1. The highest BCUT2D eigenvalue weighted by Crippen LogP contribution is 2.59. The van der Waals surface area contributed by atoms with Crippen LogP contribution in [-0.2, 0) is 29.0 Å². The molecule has 3 unspecified atom stereocenters. The average Bonchev–Trinajstić information content (AvgIpc) is 3.19. The molecule has 5 rings (SSSR count). The van der Waals surface area contributed by atoms with Gasteiger partial charge >= 0.3 is 0 Å². The average molecular weight is 475 g/mol. The fourth-order valence-electron chi connectivity index (χ4n) is 7.20. The molecular weight excluding hydrogens is 436 g/mol. The summed E-state index contributed by atoms with van der Waals surface area (Å²) in [7, 11) is 1.76. The van der Waals surface area contributed by atoms with E-state index in [1.807, 2.05) is 12.1 Å². The molecule has 1 N–H and O–H groups in total. The van der Waals surface area contributed by atoms with Gasteiger partial charge in [0.2, 0.25) is 5.91 Å². The van der Waals surface area contributed by atoms with Crippen LogP contribution in [0.25, 0.3) is 0 Å². The molecule has 4 atom stereocenters. The fraction of sp³-hybridized carbons (Fsp3) is 0.567. The second-order valence-electron chi connectivity index (χ2n) is 11.0. The molecule has 35 heavy (non-hydrogen) atoms. The van der Waals surface area contributed by atoms with Crippen molar-refractivity contribution in [3.05, 3.63) is 58.9 Å². The van der Waals surface area contributed by atoms with Crippen LogP contribution < -0.4 is 10.1 Å². The number of pyridine rings is 1. The van der Waals surface area contributed by atoms with E-state index in [2.05, 4.69) is 29.4 Å². The number of methoxy groups -OCH3 is 1. The number of ether oxygens (including phenoxy) is 1. The van der Waals surface area contributed by atoms with Gasteiger partial charge in [-0.3, -0.25) is 14.6 Å². The molecule has 5 heteroatoms. The van der Waals surface area contributed by atoms with Gasteiger partial charge in [0.1, 0.15) is 11.5 Å². The summed E-state index contributed by atoms with van der Waals surface area (Å²) in [6, 6.07) is 8.54. The van der Waals surface area contributed by atoms with E-state index >= 15 is 0 Å². The Morgan fingerprint density at radius 3 is 2.89 bits per heavy atom. The molecule has 0 saturated heterocycles. The lowest BCUT2D eigenvalue weighted by Crippen LogP contribution is -2.42. The molecule has 2 saturated carbocycles. The molecular formula is C30H38N2O3. The Labute approximate surface area is 209 Å². The van der Waals surface area contributed by atoms with E-state index in [4.69, 9.17) is 4.74 Å². The number of benzene rings is 1. The minimum Gasteiger partial charge on any atom is -0.496 e. The highest BCUT2D eigenvalue weighted by atomic mass is 16.5. The number of Topliss-reactive ketones (excluding diaryl/α,β-unsaturated/α-hetero) is 1. The first-order chi connectivity index (χ1) is 17.0. The molecule has 3 aliphatic rings. The van der Waals surface area contributed by atoms with Crippen molar-refractivity contribution < 1.29 is 14.3 Å². The lowest BCUT2D eigenvalue weighted by atomic mass is 9.55. The Hall–Kier alpha value is -2.69. The zero-order valence-corrected chi connectivity index (χ0v) is 21.1. The molecule has 5 nitrogen and oxygen atoms in total. The van der Waals surface area contributed by atoms with Crippen molar-refractivity contribution in [1.29, 1.82) is 0 Å². The number of carbonyl (C=O) groups excluding carboxylic acids is 2. The van der Waals surface area contributed by atoms with Crippen molar-refractivity contribution in [2.45, 2.75) is 83.6 Å². The SMILES string of the molecule is COc1cc2c(cc1CCCCC(=O)NCc1cccnc1)C1CC[C@]3(C)C(=O)CCC3C1CC2. The van der Waals surface area contributed by atoms with Gasteiger partial charge in [-0.1, -0.05) is 19.1 Å². The number of nitrogens with one attached hydrogen (secondary N) is 1. The second-order valence-corrected chi connectivity index (χ2v) is 11.0. The minimum atomic E-state index is -0.0778. The van der Waals surface area contributed by atoms with Gasteiger partial charge in [-0.15, -0.1) is 0 Å². The summed E-state index contributed by atoms with van der Waals surface area (Å²) in [5.74, 6) is 3.35. The van der Waals surface area contributed by atoms with E-state index in [1.165, 1.54) is 23.1 Å². The number of rotatable bonds is 8. The van der Waals surface area contributed by atoms with Gasteiger partial charge < -0.3 is 10.1 Å². The number of ketones is 1. The van der Waals surface area contributed by atoms with Crippen LogP contribution in [0.3, 0.4) is 0 Å². The third-order valence-corrected chi connectivity index (χ3v) is 9.15. The first-order valence-corrected chi connectivity index (χ1v) is 13.4. The summed E-state index contributed by atoms with van der Waals surface area (Å²) in [5, 5.41) is 2.99. The normalized spacial score (nSPS) is 27.0. The third-order valence-electron chi connectivity index (χ3n) is 9.15. The number of carbonyl (C=O) groups is 2. The zero-order chi connectivity index (χ0) is 24.4. The molecule has 1 amide bonds. The topological polar surface area (TPSA) is 68.3 Å². The number of fused-ring (bicyclic) bond motifs is 5. The molecule has 0 aliphatic heterocycles. The first-order valence-electron chi connectivity index (χ1n) is 13.4. The largest absolute Gasteiger partial charge is 0.496 e. The maximum absolute atomic E-state index is 12.6. The van der Waals surface area contributed by atoms with Crippen molar-refractivity contribution in [3.63, 3.8) is 0 Å². The Kier molecular flexibility index (Phi) is 6.95. The molecule has 0 spiro atoms. The Morgan fingerprint density at radius 2 is 2.09 bits per heavy atom. The van der Waals surface area contributed by atoms with E-state index in [1.54, 1.807) is 19.5 Å². The molecule has 3 aliphatic carbocycles. The van der Waals surface area contributed by atoms with Gasteiger partial charge in [0.25, 0.3) is 0 Å². The molecule has 186 valence electrons. The Balaban J connectivity index is 1.20. The summed E-state index contributed by atoms with van der Waals surface area (Å²) in [5.41, 5.74) is 5.15. The van der Waals surface area contributed by atoms with Gasteiger partial charge in [-0.25, -0.2) is 0 Å². The number of hydrogen-bond acceptors (Lipinski definition) is 4. The van der Waals surface area contributed by atoms with Gasteiger partial charge in [0.15, 0.2) is 0 Å². The van der Waals surface area contributed by atoms with Crippen molar-refractivity contribution in [2.24, 2.45) is 17.3 Å². The summed E-state index contributed by atoms with van der Waals surface area (Å²) < 4.78 is 5.78. The van der Waals surface area contributed by atoms with Crippen LogP contribution in [0.15, 0.2) is 36.7 Å². The molecule has 0 radical (unpaired) electrons. The van der Waals surface area contributed by atoms with Crippen LogP contribution in [0.1, 0.15) is 86.5 Å². The predicted molar refractivity (Wildman–Crippen MR) is 136 cm³/mol. The summed E-state index contributed by atoms with van der Waals surface area (Å²) in [6.07, 6.45) is 13.1. The second kappa shape index (κ2) is 10.1. The monoisotopic (exact) mass is 474 g/mol. The molecule has 1 aromatic carbocycles. The van der Waals surface area contributed by atoms with Gasteiger partial charge in [0, 0.05) is 37.2 Å². The number of nitrogens with zero attached hydrogens (tertiary/aromatic N) is 1. The number of aryl methyl sites for hydroxylation is 2. The zero-order valence-electron chi connectivity index (χ0n) is 21.1. The third kappa shape index (κ3) is 4.74. The number of unbranched alkanes of at least 4 members (excludes halogenated alkanes) is 1. The maximum atomic E-state index is 12.6. The van der Waals surface area contributed by atoms with Crippen molar-refractivity contribution in [1.82, 2.24) is 10.3 Å². The van der Waals surface area contributed by atoms with E-state index in [0.717, 1.165) is 62.7 Å². The van der Waals surface area contributed by atoms with E-state index in [9.17, 15) is 9.59 Å². The van der Waals surface area contributed by atoms with Gasteiger partial charge in [0.05, 0.1) is 7.11 Å². The number of aromatic nitrogens is 1. The Bertz CT molecular complexity index is 1080. The molecule has 2 aromatic rings. The van der Waals surface area contributed by atoms with Crippen LogP contribution in [0.2, 0.25) is 0 Å². The fourth-order valence-corrected chi connectivity index (χ4v) is 7.20. The lowest BCUT2D eigenvalue weighted by molar-refractivity contribution is -0.129. The summed E-state index contributed by atoms with van der Waals surface area (Å²) in [6.45, 7) is 2.77. The van der Waals surface area contributed by atoms with Crippen molar-refractivity contribution >= 4 is 11.7 Å². The maximum Gasteiger partial charge on any atom is 0.220 e. The quantitative estimate of drug-likeness (QED) is 0.510. The molecule has 1 aromatic heterocycles. The van der Waals surface area contributed by atoms with Crippen LogP contribution in [0.4, 0.5) is 0 Å². The molecule has 1 heterocycles.